The maximum atomic E-state index is 12.0. The van der Waals surface area contributed by atoms with Gasteiger partial charge in [0.05, 0.1) is 9.79 Å². The molecule has 0 saturated heterocycles. The van der Waals surface area contributed by atoms with Crippen LogP contribution in [0.2, 0.25) is 0 Å². The Labute approximate surface area is 667 Å². The second kappa shape index (κ2) is 67.0. The molecule has 0 atom stereocenters. The average Bonchev–Trinajstić information content (AvgIpc) is 0.798. The molecule has 0 saturated carbocycles. The SMILES string of the molecule is CCCCCCCCCCCCCCCCCCc1ccc2c(CCCCCCCCCCCCCCCCCC)cc(S(=O)(=O)[O-])cc2c1.CCCCCCCCCCCCCCCCCCc1ccc2c(CCCCCCCCCCCCCCCCCC)cc(S(=O)(=O)[O-])cc2c1.[Ba+2]. The molecular formula is C92H158BaO6S2. The van der Waals surface area contributed by atoms with Gasteiger partial charge in [-0.15, -0.1) is 0 Å². The first-order valence-corrected chi connectivity index (χ1v) is 46.8. The van der Waals surface area contributed by atoms with Crippen LogP contribution < -0.4 is 0 Å². The quantitative estimate of drug-likeness (QED) is 0.0247. The molecule has 0 bridgehead atoms. The molecular weight excluding hydrogens is 1400 g/mol. The van der Waals surface area contributed by atoms with E-state index in [1.165, 1.54) is 384 Å². The molecule has 9 heteroatoms. The second-order valence-electron chi connectivity index (χ2n) is 31.4. The van der Waals surface area contributed by atoms with E-state index < -0.39 is 20.2 Å². The Kier molecular flexibility index (Phi) is 63.5. The summed E-state index contributed by atoms with van der Waals surface area (Å²) in [5, 5.41) is 4.02. The monoisotopic (exact) mass is 1560 g/mol. The summed E-state index contributed by atoms with van der Waals surface area (Å²) < 4.78 is 72.1. The Morgan fingerprint density at radius 3 is 0.564 bits per heavy atom. The zero-order valence-electron chi connectivity index (χ0n) is 66.8. The number of aryl methyl sites for hydroxylation is 4. The van der Waals surface area contributed by atoms with Crippen LogP contribution in [0.4, 0.5) is 0 Å². The van der Waals surface area contributed by atoms with Gasteiger partial charge in [0.1, 0.15) is 20.2 Å². The first-order chi connectivity index (χ1) is 48.9. The first kappa shape index (κ1) is 95.9. The van der Waals surface area contributed by atoms with Gasteiger partial charge in [-0.1, -0.05) is 449 Å². The third-order valence-corrected chi connectivity index (χ3v) is 23.6. The molecule has 0 aliphatic heterocycles. The van der Waals surface area contributed by atoms with Crippen LogP contribution in [-0.4, -0.2) is 74.8 Å². The van der Waals surface area contributed by atoms with Crippen molar-refractivity contribution in [2.45, 2.75) is 474 Å². The molecule has 0 unspecified atom stereocenters. The Morgan fingerprint density at radius 1 is 0.218 bits per heavy atom. The van der Waals surface area contributed by atoms with Crippen LogP contribution >= 0.6 is 0 Å². The smallest absolute Gasteiger partial charge is 0.744 e. The van der Waals surface area contributed by atoms with Crippen molar-refractivity contribution in [2.24, 2.45) is 0 Å². The average molecular weight is 1560 g/mol. The Morgan fingerprint density at radius 2 is 0.386 bits per heavy atom. The molecule has 0 heterocycles. The summed E-state index contributed by atoms with van der Waals surface area (Å²) >= 11 is 0. The van der Waals surface area contributed by atoms with Crippen molar-refractivity contribution in [3.05, 3.63) is 82.9 Å². The molecule has 4 rings (SSSR count). The molecule has 0 aromatic heterocycles. The van der Waals surface area contributed by atoms with Crippen LogP contribution in [0.25, 0.3) is 21.5 Å². The Hall–Kier alpha value is -1.21. The van der Waals surface area contributed by atoms with Gasteiger partial charge in [0.25, 0.3) is 0 Å². The summed E-state index contributed by atoms with van der Waals surface area (Å²) in [6, 6.07) is 19.5. The number of rotatable bonds is 70. The van der Waals surface area contributed by atoms with E-state index in [-0.39, 0.29) is 58.7 Å². The van der Waals surface area contributed by atoms with Crippen molar-refractivity contribution in [3.63, 3.8) is 0 Å². The fourth-order valence-electron chi connectivity index (χ4n) is 15.4. The van der Waals surface area contributed by atoms with Gasteiger partial charge in [-0.25, -0.2) is 16.8 Å². The molecule has 0 spiro atoms. The van der Waals surface area contributed by atoms with Crippen LogP contribution in [0, 0.1) is 0 Å². The molecule has 101 heavy (non-hydrogen) atoms. The van der Waals surface area contributed by atoms with E-state index >= 15 is 0 Å². The van der Waals surface area contributed by atoms with E-state index in [0.29, 0.717) is 0 Å². The fourth-order valence-corrected chi connectivity index (χ4v) is 16.5. The van der Waals surface area contributed by atoms with Gasteiger partial charge < -0.3 is 9.11 Å². The number of unbranched alkanes of at least 4 members (excludes halogenated alkanes) is 60. The number of hydrogen-bond acceptors (Lipinski definition) is 6. The number of hydrogen-bond donors (Lipinski definition) is 0. The van der Waals surface area contributed by atoms with Gasteiger partial charge in [-0.05, 0) is 119 Å². The van der Waals surface area contributed by atoms with E-state index in [4.69, 9.17) is 0 Å². The summed E-state index contributed by atoms with van der Waals surface area (Å²) in [7, 11) is -8.97. The minimum atomic E-state index is -4.49. The van der Waals surface area contributed by atoms with Crippen LogP contribution in [0.3, 0.4) is 0 Å². The van der Waals surface area contributed by atoms with Crippen molar-refractivity contribution in [2.75, 3.05) is 0 Å². The van der Waals surface area contributed by atoms with Gasteiger partial charge in [0.2, 0.25) is 0 Å². The maximum Gasteiger partial charge on any atom is 2.00 e. The van der Waals surface area contributed by atoms with Gasteiger partial charge in [0.15, 0.2) is 0 Å². The summed E-state index contributed by atoms with van der Waals surface area (Å²) in [4.78, 5) is -0.146. The second-order valence-corrected chi connectivity index (χ2v) is 34.2. The van der Waals surface area contributed by atoms with E-state index in [9.17, 15) is 25.9 Å². The summed E-state index contributed by atoms with van der Waals surface area (Å²) in [6.45, 7) is 9.14. The molecule has 6 nitrogen and oxygen atoms in total. The van der Waals surface area contributed by atoms with E-state index in [1.54, 1.807) is 24.3 Å². The fraction of sp³-hybridized carbons (Fsp3) is 0.783. The molecule has 576 valence electrons. The van der Waals surface area contributed by atoms with Crippen molar-refractivity contribution in [1.29, 1.82) is 0 Å². The van der Waals surface area contributed by atoms with E-state index in [1.807, 2.05) is 0 Å². The van der Waals surface area contributed by atoms with Crippen LogP contribution in [0.1, 0.15) is 461 Å². The van der Waals surface area contributed by atoms with Crippen LogP contribution in [-0.2, 0) is 45.9 Å². The predicted molar refractivity (Wildman–Crippen MR) is 443 cm³/mol. The third-order valence-electron chi connectivity index (χ3n) is 22.0. The molecule has 0 aliphatic rings. The number of fused-ring (bicyclic) bond motifs is 2. The molecule has 4 aromatic rings. The van der Waals surface area contributed by atoms with Gasteiger partial charge >= 0.3 is 48.9 Å². The summed E-state index contributed by atoms with van der Waals surface area (Å²) in [6.07, 6.45) is 90.3. The zero-order valence-corrected chi connectivity index (χ0v) is 72.9. The minimum Gasteiger partial charge on any atom is -0.744 e. The van der Waals surface area contributed by atoms with E-state index in [0.717, 1.165) is 96.9 Å². The maximum absolute atomic E-state index is 12.0. The van der Waals surface area contributed by atoms with Gasteiger partial charge in [0, 0.05) is 0 Å². The molecule has 0 amide bonds. The Bertz CT molecular complexity index is 2570. The zero-order chi connectivity index (χ0) is 71.9. The molecule has 0 fully saturated rings. The van der Waals surface area contributed by atoms with Crippen molar-refractivity contribution >= 4 is 90.7 Å². The largest absolute Gasteiger partial charge is 2.00 e. The topological polar surface area (TPSA) is 114 Å². The predicted octanol–water partition coefficient (Wildman–Crippen LogP) is 30.3. The summed E-state index contributed by atoms with van der Waals surface area (Å²) in [5.74, 6) is 0. The van der Waals surface area contributed by atoms with E-state index in [2.05, 4.69) is 64.1 Å². The van der Waals surface area contributed by atoms with Gasteiger partial charge in [-0.3, -0.25) is 0 Å². The van der Waals surface area contributed by atoms with Gasteiger partial charge in [-0.2, -0.15) is 0 Å². The van der Waals surface area contributed by atoms with Crippen LogP contribution in [0.5, 0.6) is 0 Å². The van der Waals surface area contributed by atoms with Crippen molar-refractivity contribution in [1.82, 2.24) is 0 Å². The van der Waals surface area contributed by atoms with Crippen LogP contribution in [0.15, 0.2) is 70.5 Å². The molecule has 0 radical (unpaired) electrons. The number of benzene rings is 4. The Balaban J connectivity index is 0.000000680. The first-order valence-electron chi connectivity index (χ1n) is 43.9. The standard InChI is InChI=1S/2C46H80O3S.Ba/c2*1-3-5-7-9-11-13-15-17-19-21-23-25-27-29-31-33-35-42-37-38-46-43(40-45(50(47,48)49)41-44(46)39-42)36-34-32-30-28-26-24-22-20-18-16-14-12-10-8-6-4-2;/h2*37-41H,3-36H2,1-2H3,(H,47,48,49);/q;;+2/p-2. The minimum absolute atomic E-state index is 0. The van der Waals surface area contributed by atoms with Crippen molar-refractivity contribution < 1.29 is 25.9 Å². The molecule has 4 aromatic carbocycles. The summed E-state index contributed by atoms with van der Waals surface area (Å²) in [5.41, 5.74) is 4.51. The molecule has 0 aliphatic carbocycles. The van der Waals surface area contributed by atoms with Crippen molar-refractivity contribution in [3.8, 4) is 0 Å². The normalized spacial score (nSPS) is 11.9. The third kappa shape index (κ3) is 52.5. The molecule has 0 N–H and O–H groups in total.